The third kappa shape index (κ3) is 7.53. The molecule has 0 radical (unpaired) electrons. The summed E-state index contributed by atoms with van der Waals surface area (Å²) in [4.78, 5) is 13.8. The minimum atomic E-state index is -0.0467. The standard InChI is InChI=1S/C15H30N2O2/c1-3-19-15(18)9-5-4-6-10-17-11-7-8-14(13-17)12-16-2/h14,16H,3-13H2,1-2H3. The number of carbonyl (C=O) groups excluding carboxylic acids is 1. The number of nitrogens with one attached hydrogen (secondary N) is 1. The van der Waals surface area contributed by atoms with Crippen LogP contribution in [0.2, 0.25) is 0 Å². The SMILES string of the molecule is CCOC(=O)CCCCCN1CCCC(CNC)C1. The van der Waals surface area contributed by atoms with Gasteiger partial charge in [-0.25, -0.2) is 0 Å². The molecule has 0 amide bonds. The smallest absolute Gasteiger partial charge is 0.305 e. The van der Waals surface area contributed by atoms with E-state index in [1.807, 2.05) is 14.0 Å². The average molecular weight is 270 g/mol. The molecule has 1 aliphatic rings. The second kappa shape index (κ2) is 10.2. The van der Waals surface area contributed by atoms with E-state index in [0.717, 1.165) is 25.3 Å². The first-order valence-electron chi connectivity index (χ1n) is 7.78. The highest BCUT2D eigenvalue weighted by molar-refractivity contribution is 5.69. The quantitative estimate of drug-likeness (QED) is 0.514. The van der Waals surface area contributed by atoms with Gasteiger partial charge in [-0.15, -0.1) is 0 Å². The molecule has 1 saturated heterocycles. The fourth-order valence-electron chi connectivity index (χ4n) is 2.82. The Morgan fingerprint density at radius 1 is 1.37 bits per heavy atom. The molecule has 1 heterocycles. The number of ether oxygens (including phenoxy) is 1. The van der Waals surface area contributed by atoms with Crippen LogP contribution in [0.5, 0.6) is 0 Å². The molecule has 19 heavy (non-hydrogen) atoms. The van der Waals surface area contributed by atoms with Gasteiger partial charge in [0.05, 0.1) is 6.61 Å². The van der Waals surface area contributed by atoms with Crippen molar-refractivity contribution in [1.82, 2.24) is 10.2 Å². The number of unbranched alkanes of at least 4 members (excludes halogenated alkanes) is 2. The molecule has 0 saturated carbocycles. The van der Waals surface area contributed by atoms with Crippen LogP contribution >= 0.6 is 0 Å². The summed E-state index contributed by atoms with van der Waals surface area (Å²) in [5.41, 5.74) is 0. The zero-order valence-electron chi connectivity index (χ0n) is 12.6. The van der Waals surface area contributed by atoms with Crippen LogP contribution in [0.25, 0.3) is 0 Å². The Kier molecular flexibility index (Phi) is 8.84. The summed E-state index contributed by atoms with van der Waals surface area (Å²) in [7, 11) is 2.04. The molecule has 1 aliphatic heterocycles. The van der Waals surface area contributed by atoms with Crippen molar-refractivity contribution < 1.29 is 9.53 Å². The average Bonchev–Trinajstić information content (AvgIpc) is 2.39. The Labute approximate surface area is 117 Å². The Hall–Kier alpha value is -0.610. The minimum Gasteiger partial charge on any atom is -0.466 e. The Morgan fingerprint density at radius 2 is 2.21 bits per heavy atom. The lowest BCUT2D eigenvalue weighted by molar-refractivity contribution is -0.143. The van der Waals surface area contributed by atoms with Gasteiger partial charge in [0, 0.05) is 13.0 Å². The monoisotopic (exact) mass is 270 g/mol. The molecule has 112 valence electrons. The van der Waals surface area contributed by atoms with E-state index in [1.165, 1.54) is 38.9 Å². The van der Waals surface area contributed by atoms with Gasteiger partial charge in [0.25, 0.3) is 0 Å². The van der Waals surface area contributed by atoms with E-state index in [4.69, 9.17) is 4.74 Å². The summed E-state index contributed by atoms with van der Waals surface area (Å²) >= 11 is 0. The maximum Gasteiger partial charge on any atom is 0.305 e. The van der Waals surface area contributed by atoms with Gasteiger partial charge in [0.2, 0.25) is 0 Å². The summed E-state index contributed by atoms with van der Waals surface area (Å²) in [6.07, 6.45) is 6.57. The number of hydrogen-bond donors (Lipinski definition) is 1. The first-order chi connectivity index (χ1) is 9.26. The lowest BCUT2D eigenvalue weighted by Gasteiger charge is -2.32. The molecule has 4 nitrogen and oxygen atoms in total. The number of rotatable bonds is 9. The van der Waals surface area contributed by atoms with E-state index in [-0.39, 0.29) is 5.97 Å². The van der Waals surface area contributed by atoms with E-state index in [9.17, 15) is 4.79 Å². The van der Waals surface area contributed by atoms with Gasteiger partial charge >= 0.3 is 5.97 Å². The van der Waals surface area contributed by atoms with Gasteiger partial charge < -0.3 is 15.0 Å². The van der Waals surface area contributed by atoms with Crippen molar-refractivity contribution in [3.8, 4) is 0 Å². The molecule has 0 spiro atoms. The predicted octanol–water partition coefficient (Wildman–Crippen LogP) is 2.04. The lowest BCUT2D eigenvalue weighted by atomic mass is 9.98. The summed E-state index contributed by atoms with van der Waals surface area (Å²) in [5.74, 6) is 0.771. The van der Waals surface area contributed by atoms with E-state index >= 15 is 0 Å². The van der Waals surface area contributed by atoms with Crippen LogP contribution in [-0.2, 0) is 9.53 Å². The van der Waals surface area contributed by atoms with Crippen molar-refractivity contribution in [2.75, 3.05) is 39.8 Å². The van der Waals surface area contributed by atoms with Crippen molar-refractivity contribution in [3.05, 3.63) is 0 Å². The lowest BCUT2D eigenvalue weighted by Crippen LogP contribution is -2.39. The molecule has 0 aromatic carbocycles. The van der Waals surface area contributed by atoms with Crippen molar-refractivity contribution in [3.63, 3.8) is 0 Å². The molecule has 0 bridgehead atoms. The summed E-state index contributed by atoms with van der Waals surface area (Å²) in [5, 5.41) is 3.28. The van der Waals surface area contributed by atoms with Crippen LogP contribution in [0, 0.1) is 5.92 Å². The van der Waals surface area contributed by atoms with Crippen LogP contribution in [0.3, 0.4) is 0 Å². The minimum absolute atomic E-state index is 0.0467. The second-order valence-electron chi connectivity index (χ2n) is 5.48. The van der Waals surface area contributed by atoms with Gasteiger partial charge in [0.15, 0.2) is 0 Å². The van der Waals surface area contributed by atoms with Crippen molar-refractivity contribution in [1.29, 1.82) is 0 Å². The molecule has 0 aromatic heterocycles. The van der Waals surface area contributed by atoms with E-state index in [2.05, 4.69) is 10.2 Å². The molecule has 0 aliphatic carbocycles. The predicted molar refractivity (Wildman–Crippen MR) is 78.2 cm³/mol. The normalized spacial score (nSPS) is 20.4. The van der Waals surface area contributed by atoms with Crippen LogP contribution in [0.15, 0.2) is 0 Å². The molecule has 1 N–H and O–H groups in total. The molecule has 4 heteroatoms. The zero-order valence-corrected chi connectivity index (χ0v) is 12.6. The van der Waals surface area contributed by atoms with Crippen LogP contribution < -0.4 is 5.32 Å². The van der Waals surface area contributed by atoms with Gasteiger partial charge in [-0.1, -0.05) is 6.42 Å². The Morgan fingerprint density at radius 3 is 2.95 bits per heavy atom. The number of carbonyl (C=O) groups is 1. The van der Waals surface area contributed by atoms with Crippen LogP contribution in [0.4, 0.5) is 0 Å². The highest BCUT2D eigenvalue weighted by Gasteiger charge is 2.18. The first kappa shape index (κ1) is 16.4. The highest BCUT2D eigenvalue weighted by Crippen LogP contribution is 2.16. The molecule has 1 rings (SSSR count). The fraction of sp³-hybridized carbons (Fsp3) is 0.933. The molecule has 0 aromatic rings. The van der Waals surface area contributed by atoms with Gasteiger partial charge in [0.1, 0.15) is 0 Å². The fourth-order valence-corrected chi connectivity index (χ4v) is 2.82. The van der Waals surface area contributed by atoms with Crippen molar-refractivity contribution >= 4 is 5.97 Å². The van der Waals surface area contributed by atoms with E-state index < -0.39 is 0 Å². The number of hydrogen-bond acceptors (Lipinski definition) is 4. The second-order valence-corrected chi connectivity index (χ2v) is 5.48. The maximum absolute atomic E-state index is 11.2. The highest BCUT2D eigenvalue weighted by atomic mass is 16.5. The van der Waals surface area contributed by atoms with Gasteiger partial charge in [-0.2, -0.15) is 0 Å². The van der Waals surface area contributed by atoms with Crippen molar-refractivity contribution in [2.45, 2.75) is 45.4 Å². The largest absolute Gasteiger partial charge is 0.466 e. The summed E-state index contributed by atoms with van der Waals surface area (Å²) in [6.45, 7) is 7.16. The van der Waals surface area contributed by atoms with Crippen LogP contribution in [0.1, 0.15) is 45.4 Å². The Bertz CT molecular complexity index is 244. The molecular formula is C15H30N2O2. The van der Waals surface area contributed by atoms with Crippen LogP contribution in [-0.4, -0.2) is 50.7 Å². The molecule has 1 fully saturated rings. The molecular weight excluding hydrogens is 240 g/mol. The third-order valence-electron chi connectivity index (χ3n) is 3.76. The number of piperidine rings is 1. The number of likely N-dealkylation sites (tertiary alicyclic amines) is 1. The van der Waals surface area contributed by atoms with E-state index in [1.54, 1.807) is 0 Å². The number of esters is 1. The van der Waals surface area contributed by atoms with Crippen molar-refractivity contribution in [2.24, 2.45) is 5.92 Å². The summed E-state index contributed by atoms with van der Waals surface area (Å²) in [6, 6.07) is 0. The first-order valence-corrected chi connectivity index (χ1v) is 7.78. The number of nitrogens with zero attached hydrogens (tertiary/aromatic N) is 1. The maximum atomic E-state index is 11.2. The van der Waals surface area contributed by atoms with E-state index in [0.29, 0.717) is 13.0 Å². The summed E-state index contributed by atoms with van der Waals surface area (Å²) < 4.78 is 4.92. The van der Waals surface area contributed by atoms with Gasteiger partial charge in [-0.05, 0) is 65.2 Å². The molecule has 1 atom stereocenters. The Balaban J connectivity index is 2.01. The molecule has 1 unspecified atom stereocenters. The zero-order chi connectivity index (χ0) is 13.9. The van der Waals surface area contributed by atoms with Gasteiger partial charge in [-0.3, -0.25) is 4.79 Å². The third-order valence-corrected chi connectivity index (χ3v) is 3.76. The topological polar surface area (TPSA) is 41.6 Å².